The highest BCUT2D eigenvalue weighted by Crippen LogP contribution is 2.39. The Hall–Kier alpha value is -1.08. The topological polar surface area (TPSA) is 12.9 Å². The second-order valence-electron chi connectivity index (χ2n) is 6.16. The molecule has 1 aliphatic rings. The standard InChI is InChI=1S/C16H18ClN/c1-10-5-4-6-12-14(17)11-7-8-16(2,3)9-13(11)18-15(10)12/h4-6H,7-9H2,1-3H3. The van der Waals surface area contributed by atoms with Crippen molar-refractivity contribution in [3.63, 3.8) is 0 Å². The van der Waals surface area contributed by atoms with Crippen LogP contribution in [-0.4, -0.2) is 4.98 Å². The van der Waals surface area contributed by atoms with Gasteiger partial charge in [0, 0.05) is 11.1 Å². The molecule has 0 N–H and O–H groups in total. The van der Waals surface area contributed by atoms with E-state index < -0.39 is 0 Å². The second kappa shape index (κ2) is 3.96. The number of aryl methyl sites for hydroxylation is 1. The molecule has 0 atom stereocenters. The van der Waals surface area contributed by atoms with E-state index in [0.717, 1.165) is 28.8 Å². The minimum Gasteiger partial charge on any atom is -0.252 e. The van der Waals surface area contributed by atoms with E-state index in [4.69, 9.17) is 16.6 Å². The molecule has 2 aromatic rings. The maximum atomic E-state index is 6.58. The molecule has 0 saturated heterocycles. The van der Waals surface area contributed by atoms with Crippen LogP contribution in [0, 0.1) is 12.3 Å². The summed E-state index contributed by atoms with van der Waals surface area (Å²) >= 11 is 6.58. The van der Waals surface area contributed by atoms with Gasteiger partial charge in [0.15, 0.2) is 0 Å². The van der Waals surface area contributed by atoms with Gasteiger partial charge >= 0.3 is 0 Å². The molecule has 1 aromatic carbocycles. The molecule has 0 fully saturated rings. The summed E-state index contributed by atoms with van der Waals surface area (Å²) in [7, 11) is 0. The summed E-state index contributed by atoms with van der Waals surface area (Å²) in [5.41, 5.74) is 5.10. The largest absolute Gasteiger partial charge is 0.252 e. The van der Waals surface area contributed by atoms with Crippen molar-refractivity contribution in [2.75, 3.05) is 0 Å². The van der Waals surface area contributed by atoms with E-state index in [-0.39, 0.29) is 0 Å². The Bertz CT molecular complexity index is 629. The van der Waals surface area contributed by atoms with Gasteiger partial charge in [0.05, 0.1) is 10.5 Å². The molecule has 0 amide bonds. The van der Waals surface area contributed by atoms with Crippen molar-refractivity contribution in [1.82, 2.24) is 4.98 Å². The Balaban J connectivity index is 2.30. The zero-order chi connectivity index (χ0) is 12.9. The predicted molar refractivity (Wildman–Crippen MR) is 77.3 cm³/mol. The number of hydrogen-bond acceptors (Lipinski definition) is 1. The monoisotopic (exact) mass is 259 g/mol. The Morgan fingerprint density at radius 2 is 2.06 bits per heavy atom. The SMILES string of the molecule is Cc1cccc2c(Cl)c3c(nc12)CC(C)(C)CC3. The number of para-hydroxylation sites is 1. The summed E-state index contributed by atoms with van der Waals surface area (Å²) in [6, 6.07) is 6.24. The van der Waals surface area contributed by atoms with Crippen molar-refractivity contribution in [1.29, 1.82) is 0 Å². The van der Waals surface area contributed by atoms with Crippen LogP contribution in [0.2, 0.25) is 5.02 Å². The molecule has 0 saturated carbocycles. The molecule has 0 radical (unpaired) electrons. The maximum Gasteiger partial charge on any atom is 0.0749 e. The molecule has 0 unspecified atom stereocenters. The van der Waals surface area contributed by atoms with E-state index in [1.54, 1.807) is 0 Å². The third kappa shape index (κ3) is 1.81. The van der Waals surface area contributed by atoms with Gasteiger partial charge in [-0.15, -0.1) is 0 Å². The van der Waals surface area contributed by atoms with Crippen molar-refractivity contribution in [3.8, 4) is 0 Å². The lowest BCUT2D eigenvalue weighted by molar-refractivity contribution is 0.311. The number of halogens is 1. The first kappa shape index (κ1) is 12.0. The highest BCUT2D eigenvalue weighted by atomic mass is 35.5. The summed E-state index contributed by atoms with van der Waals surface area (Å²) in [5, 5.41) is 2.03. The molecule has 1 aliphatic carbocycles. The minimum atomic E-state index is 0.347. The fourth-order valence-electron chi connectivity index (χ4n) is 2.88. The van der Waals surface area contributed by atoms with Crippen LogP contribution in [0.25, 0.3) is 10.9 Å². The summed E-state index contributed by atoms with van der Waals surface area (Å²) in [4.78, 5) is 4.89. The van der Waals surface area contributed by atoms with Gasteiger partial charge in [-0.05, 0) is 42.7 Å². The molecule has 1 aromatic heterocycles. The number of hydrogen-bond donors (Lipinski definition) is 0. The van der Waals surface area contributed by atoms with E-state index in [1.165, 1.54) is 23.2 Å². The molecular formula is C16H18ClN. The smallest absolute Gasteiger partial charge is 0.0749 e. The van der Waals surface area contributed by atoms with Crippen molar-refractivity contribution in [2.24, 2.45) is 5.41 Å². The van der Waals surface area contributed by atoms with Gasteiger partial charge in [0.25, 0.3) is 0 Å². The summed E-state index contributed by atoms with van der Waals surface area (Å²) in [5.74, 6) is 0. The van der Waals surface area contributed by atoms with Crippen LogP contribution < -0.4 is 0 Å². The molecule has 0 spiro atoms. The van der Waals surface area contributed by atoms with Gasteiger partial charge in [-0.1, -0.05) is 43.6 Å². The van der Waals surface area contributed by atoms with Crippen molar-refractivity contribution in [2.45, 2.75) is 40.0 Å². The first-order valence-electron chi connectivity index (χ1n) is 6.54. The number of aromatic nitrogens is 1. The summed E-state index contributed by atoms with van der Waals surface area (Å²) in [6.45, 7) is 6.73. The predicted octanol–water partition coefficient (Wildman–Crippen LogP) is 4.71. The zero-order valence-corrected chi connectivity index (χ0v) is 11.9. The van der Waals surface area contributed by atoms with Crippen LogP contribution in [0.1, 0.15) is 37.1 Å². The Morgan fingerprint density at radius 3 is 2.83 bits per heavy atom. The molecule has 1 heterocycles. The van der Waals surface area contributed by atoms with Crippen LogP contribution in [0.3, 0.4) is 0 Å². The van der Waals surface area contributed by atoms with Crippen molar-refractivity contribution < 1.29 is 0 Å². The fraction of sp³-hybridized carbons (Fsp3) is 0.438. The first-order valence-corrected chi connectivity index (χ1v) is 6.92. The Morgan fingerprint density at radius 1 is 1.28 bits per heavy atom. The Labute approximate surface area is 113 Å². The quantitative estimate of drug-likeness (QED) is 0.668. The van der Waals surface area contributed by atoms with Crippen molar-refractivity contribution >= 4 is 22.5 Å². The van der Waals surface area contributed by atoms with Crippen LogP contribution in [0.5, 0.6) is 0 Å². The zero-order valence-electron chi connectivity index (χ0n) is 11.2. The number of fused-ring (bicyclic) bond motifs is 2. The molecule has 1 nitrogen and oxygen atoms in total. The van der Waals surface area contributed by atoms with E-state index in [1.807, 2.05) is 0 Å². The summed E-state index contributed by atoms with van der Waals surface area (Å²) in [6.07, 6.45) is 3.28. The van der Waals surface area contributed by atoms with Gasteiger partial charge in [-0.2, -0.15) is 0 Å². The van der Waals surface area contributed by atoms with Crippen LogP contribution in [0.4, 0.5) is 0 Å². The van der Waals surface area contributed by atoms with E-state index in [9.17, 15) is 0 Å². The molecule has 2 heteroatoms. The number of pyridine rings is 1. The van der Waals surface area contributed by atoms with Gasteiger partial charge in [-0.3, -0.25) is 4.98 Å². The van der Waals surface area contributed by atoms with Gasteiger partial charge in [-0.25, -0.2) is 0 Å². The van der Waals surface area contributed by atoms with Crippen molar-refractivity contribution in [3.05, 3.63) is 40.0 Å². The van der Waals surface area contributed by atoms with Crippen LogP contribution in [0.15, 0.2) is 18.2 Å². The molecule has 3 rings (SSSR count). The number of rotatable bonds is 0. The number of nitrogens with zero attached hydrogens (tertiary/aromatic N) is 1. The van der Waals surface area contributed by atoms with E-state index >= 15 is 0 Å². The molecule has 18 heavy (non-hydrogen) atoms. The summed E-state index contributed by atoms with van der Waals surface area (Å²) < 4.78 is 0. The molecule has 0 aliphatic heterocycles. The maximum absolute atomic E-state index is 6.58. The lowest BCUT2D eigenvalue weighted by Crippen LogP contribution is -2.23. The van der Waals surface area contributed by atoms with E-state index in [2.05, 4.69) is 39.0 Å². The van der Waals surface area contributed by atoms with Crippen LogP contribution in [-0.2, 0) is 12.8 Å². The molecule has 0 bridgehead atoms. The van der Waals surface area contributed by atoms with Crippen LogP contribution >= 0.6 is 11.6 Å². The Kier molecular flexibility index (Phi) is 2.63. The highest BCUT2D eigenvalue weighted by Gasteiger charge is 2.28. The van der Waals surface area contributed by atoms with Gasteiger partial charge < -0.3 is 0 Å². The fourth-order valence-corrected chi connectivity index (χ4v) is 3.24. The lowest BCUT2D eigenvalue weighted by Gasteiger charge is -2.31. The van der Waals surface area contributed by atoms with Gasteiger partial charge in [0.2, 0.25) is 0 Å². The first-order chi connectivity index (χ1) is 8.48. The third-order valence-corrected chi connectivity index (χ3v) is 4.46. The second-order valence-corrected chi connectivity index (χ2v) is 6.54. The normalized spacial score (nSPS) is 17.8. The molecular weight excluding hydrogens is 242 g/mol. The highest BCUT2D eigenvalue weighted by molar-refractivity contribution is 6.36. The minimum absolute atomic E-state index is 0.347. The average Bonchev–Trinajstić information content (AvgIpc) is 2.29. The molecule has 94 valence electrons. The van der Waals surface area contributed by atoms with E-state index in [0.29, 0.717) is 5.41 Å². The average molecular weight is 260 g/mol. The van der Waals surface area contributed by atoms with Gasteiger partial charge in [0.1, 0.15) is 0 Å². The third-order valence-electron chi connectivity index (χ3n) is 4.03. The lowest BCUT2D eigenvalue weighted by atomic mass is 9.76. The number of benzene rings is 1.